The van der Waals surface area contributed by atoms with Gasteiger partial charge in [-0.25, -0.2) is 4.79 Å². The zero-order chi connectivity index (χ0) is 24.8. The van der Waals surface area contributed by atoms with Crippen LogP contribution in [0.15, 0.2) is 66.0 Å². The minimum absolute atomic E-state index is 0.0218. The molecule has 0 spiro atoms. The Morgan fingerprint density at radius 3 is 2.60 bits per heavy atom. The fourth-order valence-corrected chi connectivity index (χ4v) is 5.21. The van der Waals surface area contributed by atoms with Gasteiger partial charge in [0.1, 0.15) is 18.9 Å². The van der Waals surface area contributed by atoms with E-state index in [4.69, 9.17) is 4.74 Å². The minimum atomic E-state index is -0.262. The van der Waals surface area contributed by atoms with Crippen LogP contribution in [0, 0.1) is 6.92 Å². The summed E-state index contributed by atoms with van der Waals surface area (Å²) in [5.74, 6) is 0.712. The van der Waals surface area contributed by atoms with E-state index in [1.54, 1.807) is 16.2 Å². The van der Waals surface area contributed by atoms with Crippen molar-refractivity contribution in [1.82, 2.24) is 9.80 Å². The number of rotatable bonds is 8. The van der Waals surface area contributed by atoms with Gasteiger partial charge in [0.15, 0.2) is 0 Å². The van der Waals surface area contributed by atoms with Crippen LogP contribution in [0.5, 0.6) is 5.75 Å². The van der Waals surface area contributed by atoms with Gasteiger partial charge in [0.25, 0.3) is 0 Å². The number of fused-ring (bicyclic) bond motifs is 1. The largest absolute Gasteiger partial charge is 0.491 e. The maximum Gasteiger partial charge on any atom is 0.322 e. The average molecular weight is 492 g/mol. The first kappa shape index (κ1) is 24.8. The molecule has 0 aliphatic carbocycles. The summed E-state index contributed by atoms with van der Waals surface area (Å²) in [4.78, 5) is 31.6. The van der Waals surface area contributed by atoms with E-state index < -0.39 is 0 Å². The molecule has 0 saturated heterocycles. The molecule has 3 aromatic rings. The maximum atomic E-state index is 13.6. The minimum Gasteiger partial charge on any atom is -0.491 e. The second kappa shape index (κ2) is 11.4. The molecule has 35 heavy (non-hydrogen) atoms. The molecule has 0 unspecified atom stereocenters. The van der Waals surface area contributed by atoms with Crippen LogP contribution < -0.4 is 10.1 Å². The Morgan fingerprint density at radius 2 is 1.89 bits per heavy atom. The maximum absolute atomic E-state index is 13.6. The van der Waals surface area contributed by atoms with Gasteiger partial charge in [-0.05, 0) is 68.0 Å². The summed E-state index contributed by atoms with van der Waals surface area (Å²) in [6.45, 7) is 7.02. The first-order valence-electron chi connectivity index (χ1n) is 12.1. The molecule has 2 aromatic carbocycles. The van der Waals surface area contributed by atoms with Crippen LogP contribution in [0.4, 0.5) is 10.5 Å². The number of thiophene rings is 1. The van der Waals surface area contributed by atoms with Crippen molar-refractivity contribution in [1.29, 1.82) is 0 Å². The Kier molecular flexibility index (Phi) is 8.08. The zero-order valence-electron chi connectivity index (χ0n) is 20.6. The number of nitrogens with one attached hydrogen (secondary N) is 1. The standard InChI is InChI=1S/C28H33N3O3S/c1-4-21(3)31(28(33)29-22-12-10-20(2)11-13-22)18-27(32)30-16-14-26-24(15-17-35-26)25(30)19-34-23-8-6-5-7-9-23/h5-13,15,17,21,25H,4,14,16,18-19H2,1-3H3,(H,29,33)/t21-,25+/m0/s1. The molecule has 0 bridgehead atoms. The van der Waals surface area contributed by atoms with E-state index in [-0.39, 0.29) is 30.6 Å². The Bertz CT molecular complexity index is 1130. The molecule has 0 saturated carbocycles. The van der Waals surface area contributed by atoms with Crippen molar-refractivity contribution in [2.75, 3.05) is 25.0 Å². The van der Waals surface area contributed by atoms with Crippen molar-refractivity contribution in [3.05, 3.63) is 82.0 Å². The number of nitrogens with zero attached hydrogens (tertiary/aromatic N) is 2. The van der Waals surface area contributed by atoms with Crippen molar-refractivity contribution in [3.63, 3.8) is 0 Å². The van der Waals surface area contributed by atoms with E-state index >= 15 is 0 Å². The number of hydrogen-bond acceptors (Lipinski definition) is 4. The third-order valence-corrected chi connectivity index (χ3v) is 7.55. The fourth-order valence-electron chi connectivity index (χ4n) is 4.28. The molecular formula is C28H33N3O3S. The van der Waals surface area contributed by atoms with E-state index in [1.807, 2.05) is 80.3 Å². The van der Waals surface area contributed by atoms with Crippen molar-refractivity contribution < 1.29 is 14.3 Å². The van der Waals surface area contributed by atoms with E-state index in [1.165, 1.54) is 4.88 Å². The van der Waals surface area contributed by atoms with Crippen LogP contribution in [0.3, 0.4) is 0 Å². The summed E-state index contributed by atoms with van der Waals surface area (Å²) in [6, 6.07) is 18.9. The molecule has 1 N–H and O–H groups in total. The highest BCUT2D eigenvalue weighted by atomic mass is 32.1. The molecule has 0 fully saturated rings. The number of para-hydroxylation sites is 1. The van der Waals surface area contributed by atoms with E-state index in [2.05, 4.69) is 16.8 Å². The zero-order valence-corrected chi connectivity index (χ0v) is 21.4. The monoisotopic (exact) mass is 491 g/mol. The van der Waals surface area contributed by atoms with Gasteiger partial charge >= 0.3 is 6.03 Å². The Labute approximate surface area is 211 Å². The molecule has 184 valence electrons. The van der Waals surface area contributed by atoms with E-state index in [9.17, 15) is 9.59 Å². The number of carbonyl (C=O) groups excluding carboxylic acids is 2. The topological polar surface area (TPSA) is 61.9 Å². The molecule has 2 heterocycles. The van der Waals surface area contributed by atoms with Crippen molar-refractivity contribution in [2.24, 2.45) is 0 Å². The molecule has 2 atom stereocenters. The normalized spacial score (nSPS) is 15.7. The molecule has 4 rings (SSSR count). The molecule has 1 aliphatic rings. The number of amides is 3. The Morgan fingerprint density at radius 1 is 1.14 bits per heavy atom. The predicted molar refractivity (Wildman–Crippen MR) is 141 cm³/mol. The van der Waals surface area contributed by atoms with Gasteiger partial charge in [-0.2, -0.15) is 0 Å². The van der Waals surface area contributed by atoms with Crippen LogP contribution in [0.2, 0.25) is 0 Å². The van der Waals surface area contributed by atoms with E-state index in [0.29, 0.717) is 13.2 Å². The average Bonchev–Trinajstić information content (AvgIpc) is 3.36. The fraction of sp³-hybridized carbons (Fsp3) is 0.357. The molecular weight excluding hydrogens is 458 g/mol. The highest BCUT2D eigenvalue weighted by molar-refractivity contribution is 7.10. The molecule has 3 amide bonds. The highest BCUT2D eigenvalue weighted by Crippen LogP contribution is 2.34. The van der Waals surface area contributed by atoms with Crippen LogP contribution in [-0.2, 0) is 11.2 Å². The lowest BCUT2D eigenvalue weighted by molar-refractivity contribution is -0.135. The van der Waals surface area contributed by atoms with Crippen LogP contribution >= 0.6 is 11.3 Å². The first-order valence-corrected chi connectivity index (χ1v) is 13.0. The van der Waals surface area contributed by atoms with Crippen molar-refractivity contribution >= 4 is 29.0 Å². The molecule has 1 aromatic heterocycles. The predicted octanol–water partition coefficient (Wildman–Crippen LogP) is 5.89. The van der Waals surface area contributed by atoms with Crippen molar-refractivity contribution in [3.8, 4) is 5.75 Å². The van der Waals surface area contributed by atoms with Gasteiger partial charge in [0.05, 0.1) is 6.04 Å². The lowest BCUT2D eigenvalue weighted by Crippen LogP contribution is -2.50. The summed E-state index contributed by atoms with van der Waals surface area (Å²) in [5.41, 5.74) is 2.99. The van der Waals surface area contributed by atoms with Gasteiger partial charge in [-0.1, -0.05) is 42.8 Å². The summed E-state index contributed by atoms with van der Waals surface area (Å²) in [6.07, 6.45) is 1.57. The number of hydrogen-bond donors (Lipinski definition) is 1. The van der Waals surface area contributed by atoms with Crippen LogP contribution in [0.1, 0.15) is 42.3 Å². The Balaban J connectivity index is 1.50. The number of anilines is 1. The van der Waals surface area contributed by atoms with Gasteiger partial charge in [-0.3, -0.25) is 4.79 Å². The van der Waals surface area contributed by atoms with Gasteiger partial charge in [0.2, 0.25) is 5.91 Å². The smallest absolute Gasteiger partial charge is 0.322 e. The lowest BCUT2D eigenvalue weighted by Gasteiger charge is -2.38. The molecule has 6 nitrogen and oxygen atoms in total. The molecule has 1 aliphatic heterocycles. The number of carbonyl (C=O) groups is 2. The quantitative estimate of drug-likeness (QED) is 0.427. The molecule has 0 radical (unpaired) electrons. The summed E-state index contributed by atoms with van der Waals surface area (Å²) >= 11 is 1.73. The number of urea groups is 1. The molecule has 7 heteroatoms. The summed E-state index contributed by atoms with van der Waals surface area (Å²) in [5, 5.41) is 5.03. The second-order valence-electron chi connectivity index (χ2n) is 8.96. The van der Waals surface area contributed by atoms with Gasteiger partial charge < -0.3 is 19.9 Å². The number of ether oxygens (including phenoxy) is 1. The lowest BCUT2D eigenvalue weighted by atomic mass is 10.00. The second-order valence-corrected chi connectivity index (χ2v) is 9.96. The van der Waals surface area contributed by atoms with Crippen LogP contribution in [0.25, 0.3) is 0 Å². The van der Waals surface area contributed by atoms with Crippen molar-refractivity contribution in [2.45, 2.75) is 45.7 Å². The first-order chi connectivity index (χ1) is 17.0. The summed E-state index contributed by atoms with van der Waals surface area (Å²) < 4.78 is 6.08. The SMILES string of the molecule is CC[C@H](C)N(CC(=O)N1CCc2sccc2[C@H]1COc1ccccc1)C(=O)Nc1ccc(C)cc1. The number of aryl methyl sites for hydroxylation is 1. The van der Waals surface area contributed by atoms with Gasteiger partial charge in [0, 0.05) is 23.2 Å². The number of benzene rings is 2. The van der Waals surface area contributed by atoms with E-state index in [0.717, 1.165) is 35.4 Å². The third-order valence-electron chi connectivity index (χ3n) is 6.56. The summed E-state index contributed by atoms with van der Waals surface area (Å²) in [7, 11) is 0. The Hall–Kier alpha value is -3.32. The van der Waals surface area contributed by atoms with Gasteiger partial charge in [-0.15, -0.1) is 11.3 Å². The highest BCUT2D eigenvalue weighted by Gasteiger charge is 2.34. The third kappa shape index (κ3) is 6.03. The van der Waals surface area contributed by atoms with Crippen LogP contribution in [-0.4, -0.2) is 47.5 Å².